The number of rotatable bonds is 5. The molecule has 0 spiro atoms. The largest absolute Gasteiger partial charge is 0.323 e. The maximum Gasteiger partial charge on any atom is 0.247 e. The lowest BCUT2D eigenvalue weighted by atomic mass is 10.2. The molecule has 1 amide bonds. The van der Waals surface area contributed by atoms with Gasteiger partial charge < -0.3 is 10.6 Å². The zero-order valence-corrected chi connectivity index (χ0v) is 16.6. The van der Waals surface area contributed by atoms with Gasteiger partial charge in [-0.1, -0.05) is 18.2 Å². The third-order valence-corrected chi connectivity index (χ3v) is 4.64. The molecule has 1 aromatic carbocycles. The first-order chi connectivity index (χ1) is 13.9. The van der Waals surface area contributed by atoms with Crippen LogP contribution >= 0.6 is 11.6 Å². The van der Waals surface area contributed by atoms with Gasteiger partial charge in [0.25, 0.3) is 0 Å². The van der Waals surface area contributed by atoms with E-state index in [2.05, 4.69) is 32.3 Å². The number of anilines is 3. The average Bonchev–Trinajstić information content (AvgIpc) is 3.26. The van der Waals surface area contributed by atoms with Crippen LogP contribution in [0.2, 0.25) is 5.02 Å². The molecule has 0 saturated carbocycles. The maximum atomic E-state index is 11.6. The van der Waals surface area contributed by atoms with Crippen LogP contribution in [-0.2, 0) is 11.8 Å². The van der Waals surface area contributed by atoms with E-state index in [1.807, 2.05) is 49.1 Å². The summed E-state index contributed by atoms with van der Waals surface area (Å²) in [6, 6.07) is 5.64. The van der Waals surface area contributed by atoms with E-state index in [1.165, 1.54) is 6.08 Å². The van der Waals surface area contributed by atoms with Gasteiger partial charge in [-0.3, -0.25) is 14.0 Å². The summed E-state index contributed by atoms with van der Waals surface area (Å²) in [6.45, 7) is 5.46. The van der Waals surface area contributed by atoms with Crippen LogP contribution in [-0.4, -0.2) is 30.2 Å². The van der Waals surface area contributed by atoms with E-state index >= 15 is 0 Å². The second kappa shape index (κ2) is 7.40. The Hall–Kier alpha value is -3.65. The van der Waals surface area contributed by atoms with E-state index in [1.54, 1.807) is 17.1 Å². The summed E-state index contributed by atoms with van der Waals surface area (Å²) in [6.07, 6.45) is 8.26. The van der Waals surface area contributed by atoms with Crippen LogP contribution in [0.3, 0.4) is 0 Å². The molecule has 3 heterocycles. The Bertz CT molecular complexity index is 1240. The van der Waals surface area contributed by atoms with Crippen LogP contribution in [0.5, 0.6) is 0 Å². The molecule has 0 aliphatic rings. The highest BCUT2D eigenvalue weighted by atomic mass is 35.5. The molecule has 3 aromatic heterocycles. The number of nitrogens with zero attached hydrogens (tertiary/aromatic N) is 5. The van der Waals surface area contributed by atoms with Crippen LogP contribution in [0.15, 0.2) is 55.6 Å². The molecule has 4 aromatic rings. The SMILES string of the molecule is C=CC(=O)Nc1ccc2c(c1)c(C)cn2-c1nc(Nc2cnn(C)c2)ncc1Cl. The van der Waals surface area contributed by atoms with Crippen molar-refractivity contribution in [2.45, 2.75) is 6.92 Å². The zero-order valence-electron chi connectivity index (χ0n) is 15.8. The summed E-state index contributed by atoms with van der Waals surface area (Å²) in [5, 5.41) is 11.4. The highest BCUT2D eigenvalue weighted by Gasteiger charge is 2.14. The Balaban J connectivity index is 1.74. The number of aryl methyl sites for hydroxylation is 2. The smallest absolute Gasteiger partial charge is 0.247 e. The Morgan fingerprint density at radius 3 is 2.79 bits per heavy atom. The van der Waals surface area contributed by atoms with Gasteiger partial charge in [0, 0.05) is 30.5 Å². The van der Waals surface area contributed by atoms with Gasteiger partial charge in [-0.05, 0) is 36.8 Å². The summed E-state index contributed by atoms with van der Waals surface area (Å²) in [5.74, 6) is 0.701. The normalized spacial score (nSPS) is 10.9. The molecule has 0 saturated heterocycles. The maximum absolute atomic E-state index is 11.6. The van der Waals surface area contributed by atoms with Crippen LogP contribution in [0.25, 0.3) is 16.7 Å². The molecule has 146 valence electrons. The van der Waals surface area contributed by atoms with Crippen LogP contribution in [0, 0.1) is 6.92 Å². The quantitative estimate of drug-likeness (QED) is 0.488. The fraction of sp³-hybridized carbons (Fsp3) is 0.100. The van der Waals surface area contributed by atoms with Gasteiger partial charge >= 0.3 is 0 Å². The Kier molecular flexibility index (Phi) is 4.77. The van der Waals surface area contributed by atoms with Crippen molar-refractivity contribution in [1.82, 2.24) is 24.3 Å². The molecule has 2 N–H and O–H groups in total. The minimum Gasteiger partial charge on any atom is -0.323 e. The Morgan fingerprint density at radius 1 is 1.24 bits per heavy atom. The Morgan fingerprint density at radius 2 is 2.07 bits per heavy atom. The van der Waals surface area contributed by atoms with Gasteiger partial charge in [0.05, 0.1) is 23.6 Å². The number of benzene rings is 1. The predicted octanol–water partition coefficient (Wildman–Crippen LogP) is 3.98. The molecule has 0 radical (unpaired) electrons. The number of carbonyl (C=O) groups is 1. The van der Waals surface area contributed by atoms with E-state index < -0.39 is 0 Å². The number of hydrogen-bond acceptors (Lipinski definition) is 5. The summed E-state index contributed by atoms with van der Waals surface area (Å²) in [7, 11) is 1.83. The molecular formula is C20H18ClN7O. The summed E-state index contributed by atoms with van der Waals surface area (Å²) >= 11 is 6.41. The third-order valence-electron chi connectivity index (χ3n) is 4.37. The highest BCUT2D eigenvalue weighted by molar-refractivity contribution is 6.32. The summed E-state index contributed by atoms with van der Waals surface area (Å²) in [4.78, 5) is 20.4. The minimum atomic E-state index is -0.258. The standard InChI is InChI=1S/C20H18ClN7O/c1-4-18(29)24-13-5-6-17-15(7-13)12(2)10-28(17)19-16(21)9-22-20(26-19)25-14-8-23-27(3)11-14/h4-11H,1H2,2-3H3,(H,24,29)(H,22,25,26). The number of amides is 1. The molecule has 0 bridgehead atoms. The second-order valence-corrected chi connectivity index (χ2v) is 6.91. The van der Waals surface area contributed by atoms with Crippen LogP contribution < -0.4 is 10.6 Å². The van der Waals surface area contributed by atoms with Crippen molar-refractivity contribution in [3.63, 3.8) is 0 Å². The highest BCUT2D eigenvalue weighted by Crippen LogP contribution is 2.30. The number of hydrogen-bond donors (Lipinski definition) is 2. The fourth-order valence-electron chi connectivity index (χ4n) is 3.04. The second-order valence-electron chi connectivity index (χ2n) is 6.50. The fourth-order valence-corrected chi connectivity index (χ4v) is 3.23. The minimum absolute atomic E-state index is 0.258. The van der Waals surface area contributed by atoms with E-state index in [0.29, 0.717) is 22.5 Å². The van der Waals surface area contributed by atoms with Crippen LogP contribution in [0.1, 0.15) is 5.56 Å². The van der Waals surface area contributed by atoms with E-state index in [-0.39, 0.29) is 5.91 Å². The zero-order chi connectivity index (χ0) is 20.5. The molecule has 0 fully saturated rings. The van der Waals surface area contributed by atoms with Gasteiger partial charge in [0.15, 0.2) is 5.82 Å². The molecule has 0 unspecified atom stereocenters. The van der Waals surface area contributed by atoms with E-state index in [0.717, 1.165) is 22.2 Å². The van der Waals surface area contributed by atoms with Gasteiger partial charge in [-0.2, -0.15) is 10.1 Å². The van der Waals surface area contributed by atoms with Gasteiger partial charge in [0.2, 0.25) is 11.9 Å². The lowest BCUT2D eigenvalue weighted by Gasteiger charge is -2.10. The van der Waals surface area contributed by atoms with Crippen molar-refractivity contribution in [3.8, 4) is 5.82 Å². The van der Waals surface area contributed by atoms with Gasteiger partial charge in [-0.25, -0.2) is 4.98 Å². The summed E-state index contributed by atoms with van der Waals surface area (Å²) in [5.41, 5.74) is 3.39. The Labute approximate surface area is 171 Å². The molecule has 9 heteroatoms. The van der Waals surface area contributed by atoms with Crippen molar-refractivity contribution in [2.24, 2.45) is 7.05 Å². The number of carbonyl (C=O) groups excluding carboxylic acids is 1. The van der Waals surface area contributed by atoms with Gasteiger partial charge in [0.1, 0.15) is 5.02 Å². The van der Waals surface area contributed by atoms with E-state index in [4.69, 9.17) is 11.6 Å². The molecule has 29 heavy (non-hydrogen) atoms. The number of aromatic nitrogens is 5. The van der Waals surface area contributed by atoms with Crippen LogP contribution in [0.4, 0.5) is 17.3 Å². The molecule has 4 rings (SSSR count). The average molecular weight is 408 g/mol. The van der Waals surface area contributed by atoms with Gasteiger partial charge in [-0.15, -0.1) is 0 Å². The first kappa shape index (κ1) is 18.7. The van der Waals surface area contributed by atoms with Crippen molar-refractivity contribution < 1.29 is 4.79 Å². The molecule has 8 nitrogen and oxygen atoms in total. The number of nitrogens with one attached hydrogen (secondary N) is 2. The molecule has 0 aliphatic heterocycles. The monoisotopic (exact) mass is 407 g/mol. The number of halogens is 1. The van der Waals surface area contributed by atoms with Crippen molar-refractivity contribution in [1.29, 1.82) is 0 Å². The lowest BCUT2D eigenvalue weighted by molar-refractivity contribution is -0.111. The van der Waals surface area contributed by atoms with Crippen molar-refractivity contribution >= 4 is 45.7 Å². The molecule has 0 aliphatic carbocycles. The third kappa shape index (κ3) is 3.70. The summed E-state index contributed by atoms with van der Waals surface area (Å²) < 4.78 is 3.59. The topological polar surface area (TPSA) is 89.7 Å². The number of fused-ring (bicyclic) bond motifs is 1. The lowest BCUT2D eigenvalue weighted by Crippen LogP contribution is -2.07. The molecule has 0 atom stereocenters. The van der Waals surface area contributed by atoms with E-state index in [9.17, 15) is 4.79 Å². The first-order valence-corrected chi connectivity index (χ1v) is 9.16. The first-order valence-electron chi connectivity index (χ1n) is 8.78. The van der Waals surface area contributed by atoms with Crippen molar-refractivity contribution in [3.05, 3.63) is 66.2 Å². The predicted molar refractivity (Wildman–Crippen MR) is 114 cm³/mol. The van der Waals surface area contributed by atoms with Crippen molar-refractivity contribution in [2.75, 3.05) is 10.6 Å². The molecular weight excluding hydrogens is 390 g/mol.